The Morgan fingerprint density at radius 2 is 1.67 bits per heavy atom. The van der Waals surface area contributed by atoms with Crippen LogP contribution in [0.2, 0.25) is 0 Å². The number of benzene rings is 1. The van der Waals surface area contributed by atoms with E-state index in [9.17, 15) is 4.39 Å². The number of pyridine rings is 1. The zero-order chi connectivity index (χ0) is 10.7. The Kier molecular flexibility index (Phi) is 2.74. The van der Waals surface area contributed by atoms with Crippen LogP contribution in [0.15, 0.2) is 42.6 Å². The molecular weight excluding hydrogens is 191 g/mol. The Morgan fingerprint density at radius 3 is 2.20 bits per heavy atom. The van der Waals surface area contributed by atoms with Crippen LogP contribution in [0, 0.1) is 5.82 Å². The molecule has 0 radical (unpaired) electrons. The minimum absolute atomic E-state index is 0.231. The standard InChI is InChI=1S/C12H11FN2/c13-11-4-1-9(2-5-11)10-3-6-12(7-14)15-8-10/h1-6,8H,7,14H2. The second-order valence-corrected chi connectivity index (χ2v) is 3.25. The molecule has 2 nitrogen and oxygen atoms in total. The Morgan fingerprint density at radius 1 is 1.00 bits per heavy atom. The van der Waals surface area contributed by atoms with Gasteiger partial charge in [0.25, 0.3) is 0 Å². The van der Waals surface area contributed by atoms with Crippen LogP contribution in [0.3, 0.4) is 0 Å². The van der Waals surface area contributed by atoms with Crippen LogP contribution in [0.25, 0.3) is 11.1 Å². The molecule has 0 saturated carbocycles. The molecule has 2 aromatic rings. The lowest BCUT2D eigenvalue weighted by Gasteiger charge is -2.02. The first kappa shape index (κ1) is 9.80. The second kappa shape index (κ2) is 4.19. The van der Waals surface area contributed by atoms with E-state index in [0.29, 0.717) is 6.54 Å². The number of nitrogens with zero attached hydrogens (tertiary/aromatic N) is 1. The van der Waals surface area contributed by atoms with Gasteiger partial charge in [0.15, 0.2) is 0 Å². The fraction of sp³-hybridized carbons (Fsp3) is 0.0833. The maximum atomic E-state index is 12.7. The highest BCUT2D eigenvalue weighted by molar-refractivity contribution is 5.62. The van der Waals surface area contributed by atoms with E-state index in [1.807, 2.05) is 12.1 Å². The molecule has 0 aliphatic carbocycles. The van der Waals surface area contributed by atoms with Gasteiger partial charge < -0.3 is 5.73 Å². The third-order valence-electron chi connectivity index (χ3n) is 2.21. The van der Waals surface area contributed by atoms with E-state index in [0.717, 1.165) is 16.8 Å². The molecule has 0 aliphatic heterocycles. The van der Waals surface area contributed by atoms with Gasteiger partial charge in [0.1, 0.15) is 5.82 Å². The first-order valence-electron chi connectivity index (χ1n) is 4.70. The van der Waals surface area contributed by atoms with Gasteiger partial charge in [-0.05, 0) is 23.8 Å². The number of nitrogens with two attached hydrogens (primary N) is 1. The molecule has 2 rings (SSSR count). The summed E-state index contributed by atoms with van der Waals surface area (Å²) < 4.78 is 12.7. The summed E-state index contributed by atoms with van der Waals surface area (Å²) >= 11 is 0. The molecule has 1 heterocycles. The van der Waals surface area contributed by atoms with Gasteiger partial charge in [0.2, 0.25) is 0 Å². The van der Waals surface area contributed by atoms with E-state index in [4.69, 9.17) is 5.73 Å². The van der Waals surface area contributed by atoms with E-state index in [1.54, 1.807) is 18.3 Å². The van der Waals surface area contributed by atoms with Gasteiger partial charge in [0.05, 0.1) is 5.69 Å². The van der Waals surface area contributed by atoms with E-state index in [1.165, 1.54) is 12.1 Å². The van der Waals surface area contributed by atoms with Crippen molar-refractivity contribution in [3.8, 4) is 11.1 Å². The summed E-state index contributed by atoms with van der Waals surface area (Å²) in [4.78, 5) is 4.18. The Labute approximate surface area is 87.6 Å². The maximum absolute atomic E-state index is 12.7. The zero-order valence-electron chi connectivity index (χ0n) is 8.15. The van der Waals surface area contributed by atoms with Crippen molar-refractivity contribution < 1.29 is 4.39 Å². The Balaban J connectivity index is 2.33. The van der Waals surface area contributed by atoms with Gasteiger partial charge in [-0.2, -0.15) is 0 Å². The molecule has 0 spiro atoms. The highest BCUT2D eigenvalue weighted by Gasteiger charge is 1.98. The third kappa shape index (κ3) is 2.19. The lowest BCUT2D eigenvalue weighted by Crippen LogP contribution is -1.98. The third-order valence-corrected chi connectivity index (χ3v) is 2.21. The maximum Gasteiger partial charge on any atom is 0.123 e. The SMILES string of the molecule is NCc1ccc(-c2ccc(F)cc2)cn1. The number of rotatable bonds is 2. The molecular formula is C12H11FN2. The highest BCUT2D eigenvalue weighted by atomic mass is 19.1. The molecule has 1 aromatic carbocycles. The molecule has 0 unspecified atom stereocenters. The summed E-state index contributed by atoms with van der Waals surface area (Å²) in [5.41, 5.74) is 8.21. The monoisotopic (exact) mass is 202 g/mol. The van der Waals surface area contributed by atoms with Gasteiger partial charge in [-0.25, -0.2) is 4.39 Å². The van der Waals surface area contributed by atoms with Crippen LogP contribution in [-0.2, 0) is 6.54 Å². The molecule has 0 saturated heterocycles. The number of hydrogen-bond donors (Lipinski definition) is 1. The molecule has 2 N–H and O–H groups in total. The first-order valence-corrected chi connectivity index (χ1v) is 4.70. The normalized spacial score (nSPS) is 10.3. The molecule has 0 amide bonds. The van der Waals surface area contributed by atoms with Crippen molar-refractivity contribution in [2.75, 3.05) is 0 Å². The highest BCUT2D eigenvalue weighted by Crippen LogP contribution is 2.18. The minimum atomic E-state index is -0.231. The van der Waals surface area contributed by atoms with Gasteiger partial charge in [-0.1, -0.05) is 18.2 Å². The summed E-state index contributed by atoms with van der Waals surface area (Å²) in [5, 5.41) is 0. The predicted octanol–water partition coefficient (Wildman–Crippen LogP) is 2.35. The lowest BCUT2D eigenvalue weighted by atomic mass is 10.1. The molecule has 1 aromatic heterocycles. The molecule has 76 valence electrons. The van der Waals surface area contributed by atoms with Crippen molar-refractivity contribution in [2.45, 2.75) is 6.54 Å². The quantitative estimate of drug-likeness (QED) is 0.811. The van der Waals surface area contributed by atoms with Crippen molar-refractivity contribution in [3.63, 3.8) is 0 Å². The fourth-order valence-corrected chi connectivity index (χ4v) is 1.36. The topological polar surface area (TPSA) is 38.9 Å². The van der Waals surface area contributed by atoms with Gasteiger partial charge >= 0.3 is 0 Å². The largest absolute Gasteiger partial charge is 0.325 e. The number of halogens is 1. The van der Waals surface area contributed by atoms with Crippen molar-refractivity contribution >= 4 is 0 Å². The molecule has 0 aliphatic rings. The fourth-order valence-electron chi connectivity index (χ4n) is 1.36. The average molecular weight is 202 g/mol. The Hall–Kier alpha value is -1.74. The minimum Gasteiger partial charge on any atom is -0.325 e. The second-order valence-electron chi connectivity index (χ2n) is 3.25. The number of hydrogen-bond acceptors (Lipinski definition) is 2. The number of aromatic nitrogens is 1. The van der Waals surface area contributed by atoms with Crippen molar-refractivity contribution in [2.24, 2.45) is 5.73 Å². The summed E-state index contributed by atoms with van der Waals surface area (Å²) in [6, 6.07) is 10.1. The molecule has 0 atom stereocenters. The van der Waals surface area contributed by atoms with Crippen LogP contribution in [0.4, 0.5) is 4.39 Å². The Bertz CT molecular complexity index is 434. The van der Waals surface area contributed by atoms with Crippen molar-refractivity contribution in [1.82, 2.24) is 4.98 Å². The average Bonchev–Trinajstić information content (AvgIpc) is 2.30. The van der Waals surface area contributed by atoms with E-state index in [2.05, 4.69) is 4.98 Å². The van der Waals surface area contributed by atoms with Crippen molar-refractivity contribution in [1.29, 1.82) is 0 Å². The molecule has 0 fully saturated rings. The summed E-state index contributed by atoms with van der Waals surface area (Å²) in [5.74, 6) is -0.231. The molecule has 0 bridgehead atoms. The predicted molar refractivity (Wildman–Crippen MR) is 57.5 cm³/mol. The van der Waals surface area contributed by atoms with E-state index in [-0.39, 0.29) is 5.82 Å². The van der Waals surface area contributed by atoms with Crippen LogP contribution in [0.5, 0.6) is 0 Å². The van der Waals surface area contributed by atoms with Crippen LogP contribution >= 0.6 is 0 Å². The van der Waals surface area contributed by atoms with E-state index >= 15 is 0 Å². The molecule has 3 heteroatoms. The van der Waals surface area contributed by atoms with Gasteiger partial charge in [-0.15, -0.1) is 0 Å². The van der Waals surface area contributed by atoms with Crippen LogP contribution < -0.4 is 5.73 Å². The van der Waals surface area contributed by atoms with Gasteiger partial charge in [0, 0.05) is 18.3 Å². The first-order chi connectivity index (χ1) is 7.29. The summed E-state index contributed by atoms with van der Waals surface area (Å²) in [7, 11) is 0. The summed E-state index contributed by atoms with van der Waals surface area (Å²) in [6.07, 6.45) is 1.75. The molecule has 15 heavy (non-hydrogen) atoms. The van der Waals surface area contributed by atoms with Gasteiger partial charge in [-0.3, -0.25) is 4.98 Å². The van der Waals surface area contributed by atoms with Crippen molar-refractivity contribution in [3.05, 3.63) is 54.1 Å². The van der Waals surface area contributed by atoms with Crippen LogP contribution in [0.1, 0.15) is 5.69 Å². The summed E-state index contributed by atoms with van der Waals surface area (Å²) in [6.45, 7) is 0.434. The van der Waals surface area contributed by atoms with E-state index < -0.39 is 0 Å². The lowest BCUT2D eigenvalue weighted by molar-refractivity contribution is 0.628. The van der Waals surface area contributed by atoms with Crippen LogP contribution in [-0.4, -0.2) is 4.98 Å². The smallest absolute Gasteiger partial charge is 0.123 e. The zero-order valence-corrected chi connectivity index (χ0v) is 8.15.